The Morgan fingerprint density at radius 1 is 1.05 bits per heavy atom. The first-order valence-corrected chi connectivity index (χ1v) is 6.63. The van der Waals surface area contributed by atoms with Gasteiger partial charge in [-0.15, -0.1) is 0 Å². The van der Waals surface area contributed by atoms with Crippen LogP contribution in [-0.4, -0.2) is 17.4 Å². The van der Waals surface area contributed by atoms with Crippen molar-refractivity contribution in [2.45, 2.75) is 6.61 Å². The molecule has 0 aliphatic rings. The van der Waals surface area contributed by atoms with Crippen LogP contribution < -0.4 is 4.74 Å². The molecule has 0 saturated heterocycles. The molecule has 0 aliphatic heterocycles. The first-order chi connectivity index (χ1) is 10.3. The zero-order valence-corrected chi connectivity index (χ0v) is 11.6. The average Bonchev–Trinajstić information content (AvgIpc) is 2.99. The Hall–Kier alpha value is -2.59. The summed E-state index contributed by atoms with van der Waals surface area (Å²) in [6.07, 6.45) is 0. The summed E-state index contributed by atoms with van der Waals surface area (Å²) in [6.45, 7) is -0.152. The van der Waals surface area contributed by atoms with Gasteiger partial charge in [0.2, 0.25) is 0 Å². The lowest BCUT2D eigenvalue weighted by atomic mass is 10.0. The fourth-order valence-corrected chi connectivity index (χ4v) is 2.32. The molecule has 0 amide bonds. The van der Waals surface area contributed by atoms with E-state index in [2.05, 4.69) is 5.16 Å². The standard InChI is InChI=1S/C17H15NO3/c1-20-15-10-6-5-9-13(15)17-14(11-19)16(18-21-17)12-7-3-2-4-8-12/h2-10,19H,11H2,1H3. The number of para-hydroxylation sites is 1. The maximum absolute atomic E-state index is 9.73. The predicted octanol–water partition coefficient (Wildman–Crippen LogP) is 3.51. The summed E-state index contributed by atoms with van der Waals surface area (Å²) in [7, 11) is 1.60. The van der Waals surface area contributed by atoms with Crippen LogP contribution in [0.4, 0.5) is 0 Å². The minimum absolute atomic E-state index is 0.152. The van der Waals surface area contributed by atoms with Gasteiger partial charge in [0.05, 0.1) is 24.8 Å². The van der Waals surface area contributed by atoms with Crippen molar-refractivity contribution in [1.82, 2.24) is 5.16 Å². The molecule has 0 saturated carbocycles. The molecule has 1 aromatic heterocycles. The zero-order chi connectivity index (χ0) is 14.7. The Balaban J connectivity index is 2.15. The maximum Gasteiger partial charge on any atom is 0.176 e. The van der Waals surface area contributed by atoms with Crippen LogP contribution in [0, 0.1) is 0 Å². The Morgan fingerprint density at radius 3 is 2.48 bits per heavy atom. The van der Waals surface area contributed by atoms with Crippen LogP contribution in [0.3, 0.4) is 0 Å². The number of ether oxygens (including phenoxy) is 1. The fraction of sp³-hybridized carbons (Fsp3) is 0.118. The quantitative estimate of drug-likeness (QED) is 0.795. The number of hydrogen-bond donors (Lipinski definition) is 1. The molecule has 106 valence electrons. The highest BCUT2D eigenvalue weighted by Gasteiger charge is 2.20. The lowest BCUT2D eigenvalue weighted by Gasteiger charge is -2.06. The summed E-state index contributed by atoms with van der Waals surface area (Å²) >= 11 is 0. The molecule has 0 spiro atoms. The van der Waals surface area contributed by atoms with Crippen LogP contribution in [0.2, 0.25) is 0 Å². The highest BCUT2D eigenvalue weighted by Crippen LogP contribution is 2.36. The molecule has 0 fully saturated rings. The third-order valence-corrected chi connectivity index (χ3v) is 3.35. The van der Waals surface area contributed by atoms with Gasteiger partial charge in [0, 0.05) is 5.56 Å². The monoisotopic (exact) mass is 281 g/mol. The summed E-state index contributed by atoms with van der Waals surface area (Å²) in [5.41, 5.74) is 3.00. The van der Waals surface area contributed by atoms with Gasteiger partial charge in [0.1, 0.15) is 11.4 Å². The van der Waals surface area contributed by atoms with E-state index in [9.17, 15) is 5.11 Å². The number of aliphatic hydroxyl groups is 1. The number of aromatic nitrogens is 1. The van der Waals surface area contributed by atoms with Gasteiger partial charge < -0.3 is 14.4 Å². The summed E-state index contributed by atoms with van der Waals surface area (Å²) in [6, 6.07) is 17.2. The number of hydrogen-bond acceptors (Lipinski definition) is 4. The van der Waals surface area contributed by atoms with Crippen LogP contribution in [0.25, 0.3) is 22.6 Å². The Kier molecular flexibility index (Phi) is 3.71. The molecule has 4 nitrogen and oxygen atoms in total. The van der Waals surface area contributed by atoms with Gasteiger partial charge in [-0.3, -0.25) is 0 Å². The number of aliphatic hydroxyl groups excluding tert-OH is 1. The molecule has 3 aromatic rings. The Bertz CT molecular complexity index is 735. The lowest BCUT2D eigenvalue weighted by Crippen LogP contribution is -1.91. The molecular formula is C17H15NO3. The fourth-order valence-electron chi connectivity index (χ4n) is 2.32. The van der Waals surface area contributed by atoms with Crippen molar-refractivity contribution in [2.75, 3.05) is 7.11 Å². The Morgan fingerprint density at radius 2 is 1.76 bits per heavy atom. The highest BCUT2D eigenvalue weighted by molar-refractivity contribution is 5.75. The van der Waals surface area contributed by atoms with E-state index in [0.717, 1.165) is 11.1 Å². The maximum atomic E-state index is 9.73. The van der Waals surface area contributed by atoms with Gasteiger partial charge in [-0.05, 0) is 12.1 Å². The van der Waals surface area contributed by atoms with E-state index in [1.54, 1.807) is 7.11 Å². The van der Waals surface area contributed by atoms with Gasteiger partial charge >= 0.3 is 0 Å². The number of methoxy groups -OCH3 is 1. The molecule has 1 N–H and O–H groups in total. The lowest BCUT2D eigenvalue weighted by molar-refractivity contribution is 0.281. The largest absolute Gasteiger partial charge is 0.496 e. The SMILES string of the molecule is COc1ccccc1-c1onc(-c2ccccc2)c1CO. The zero-order valence-electron chi connectivity index (χ0n) is 11.6. The molecule has 0 bridgehead atoms. The molecule has 1 heterocycles. The number of rotatable bonds is 4. The summed E-state index contributed by atoms with van der Waals surface area (Å²) in [5.74, 6) is 1.22. The van der Waals surface area contributed by atoms with E-state index >= 15 is 0 Å². The molecular weight excluding hydrogens is 266 g/mol. The molecule has 0 atom stereocenters. The van der Waals surface area contributed by atoms with Crippen molar-refractivity contribution >= 4 is 0 Å². The van der Waals surface area contributed by atoms with Gasteiger partial charge in [-0.25, -0.2) is 0 Å². The second-order valence-corrected chi connectivity index (χ2v) is 4.56. The topological polar surface area (TPSA) is 55.5 Å². The third-order valence-electron chi connectivity index (χ3n) is 3.35. The molecule has 3 rings (SSSR count). The normalized spacial score (nSPS) is 10.6. The summed E-state index contributed by atoms with van der Waals surface area (Å²) in [5, 5.41) is 13.9. The molecule has 4 heteroatoms. The van der Waals surface area contributed by atoms with Gasteiger partial charge in [0.15, 0.2) is 5.76 Å². The molecule has 0 radical (unpaired) electrons. The first kappa shape index (κ1) is 13.4. The summed E-state index contributed by atoms with van der Waals surface area (Å²) in [4.78, 5) is 0. The van der Waals surface area contributed by atoms with Crippen LogP contribution in [0.1, 0.15) is 5.56 Å². The van der Waals surface area contributed by atoms with E-state index in [1.165, 1.54) is 0 Å². The van der Waals surface area contributed by atoms with E-state index in [1.807, 2.05) is 54.6 Å². The summed E-state index contributed by atoms with van der Waals surface area (Å²) < 4.78 is 10.8. The predicted molar refractivity (Wildman–Crippen MR) is 79.8 cm³/mol. The van der Waals surface area contributed by atoms with Gasteiger partial charge in [0.25, 0.3) is 0 Å². The second-order valence-electron chi connectivity index (χ2n) is 4.56. The van der Waals surface area contributed by atoms with Crippen molar-refractivity contribution in [3.8, 4) is 28.3 Å². The molecule has 2 aromatic carbocycles. The third kappa shape index (κ3) is 2.41. The van der Waals surface area contributed by atoms with E-state index in [-0.39, 0.29) is 6.61 Å². The second kappa shape index (κ2) is 5.81. The number of nitrogens with zero attached hydrogens (tertiary/aromatic N) is 1. The van der Waals surface area contributed by atoms with Crippen LogP contribution >= 0.6 is 0 Å². The molecule has 0 unspecified atom stereocenters. The highest BCUT2D eigenvalue weighted by atomic mass is 16.5. The average molecular weight is 281 g/mol. The van der Waals surface area contributed by atoms with Gasteiger partial charge in [-0.1, -0.05) is 47.6 Å². The van der Waals surface area contributed by atoms with E-state index in [4.69, 9.17) is 9.26 Å². The first-order valence-electron chi connectivity index (χ1n) is 6.63. The van der Waals surface area contributed by atoms with Crippen molar-refractivity contribution in [2.24, 2.45) is 0 Å². The van der Waals surface area contributed by atoms with E-state index in [0.29, 0.717) is 22.8 Å². The van der Waals surface area contributed by atoms with Crippen LogP contribution in [-0.2, 0) is 6.61 Å². The van der Waals surface area contributed by atoms with Gasteiger partial charge in [-0.2, -0.15) is 0 Å². The minimum Gasteiger partial charge on any atom is -0.496 e. The van der Waals surface area contributed by atoms with Crippen molar-refractivity contribution in [1.29, 1.82) is 0 Å². The van der Waals surface area contributed by atoms with Crippen molar-refractivity contribution < 1.29 is 14.4 Å². The van der Waals surface area contributed by atoms with E-state index < -0.39 is 0 Å². The smallest absolute Gasteiger partial charge is 0.176 e. The van der Waals surface area contributed by atoms with Crippen molar-refractivity contribution in [3.63, 3.8) is 0 Å². The number of benzene rings is 2. The van der Waals surface area contributed by atoms with Crippen LogP contribution in [0.15, 0.2) is 59.1 Å². The van der Waals surface area contributed by atoms with Crippen molar-refractivity contribution in [3.05, 3.63) is 60.2 Å². The molecule has 0 aliphatic carbocycles. The molecule has 21 heavy (non-hydrogen) atoms. The Labute approximate surface area is 122 Å². The minimum atomic E-state index is -0.152. The van der Waals surface area contributed by atoms with Crippen LogP contribution in [0.5, 0.6) is 5.75 Å².